The van der Waals surface area contributed by atoms with Crippen molar-refractivity contribution < 1.29 is 9.59 Å². The van der Waals surface area contributed by atoms with Crippen molar-refractivity contribution in [2.75, 3.05) is 13.1 Å². The van der Waals surface area contributed by atoms with E-state index >= 15 is 0 Å². The molecule has 1 aromatic heterocycles. The van der Waals surface area contributed by atoms with Crippen LogP contribution in [0.5, 0.6) is 0 Å². The zero-order chi connectivity index (χ0) is 18.5. The lowest BCUT2D eigenvalue weighted by Crippen LogP contribution is -2.58. The van der Waals surface area contributed by atoms with Crippen molar-refractivity contribution in [1.82, 2.24) is 15.2 Å². The summed E-state index contributed by atoms with van der Waals surface area (Å²) < 4.78 is 0. The van der Waals surface area contributed by atoms with E-state index in [0.29, 0.717) is 13.1 Å². The van der Waals surface area contributed by atoms with Crippen molar-refractivity contribution >= 4 is 46.3 Å². The zero-order valence-corrected chi connectivity index (χ0v) is 15.5. The van der Waals surface area contributed by atoms with Crippen LogP contribution in [0.25, 0.3) is 10.9 Å². The quantitative estimate of drug-likeness (QED) is 0.446. The van der Waals surface area contributed by atoms with Gasteiger partial charge in [-0.15, -0.1) is 0 Å². The standard InChI is InChI=1S/C19H22N4O2S/c1-2-3-10-23-18(25)15(17(24)22-19(23)26)12-20-9-8-13-11-21-16-7-5-4-6-14(13)16/h4-7,11-12,15,21H,2-3,8-10H2,1H3,(H,22,24,26)/t15-/m1/s1. The number of aliphatic imine (C=N–C) groups is 1. The first-order chi connectivity index (χ1) is 12.6. The molecule has 0 unspecified atom stereocenters. The van der Waals surface area contributed by atoms with Crippen molar-refractivity contribution in [2.45, 2.75) is 26.2 Å². The molecular weight excluding hydrogens is 348 g/mol. The molecule has 7 heteroatoms. The highest BCUT2D eigenvalue weighted by Gasteiger charge is 2.36. The Morgan fingerprint density at radius 1 is 1.31 bits per heavy atom. The Bertz CT molecular complexity index is 858. The highest BCUT2D eigenvalue weighted by Crippen LogP contribution is 2.18. The molecule has 6 nitrogen and oxygen atoms in total. The van der Waals surface area contributed by atoms with Gasteiger partial charge in [-0.25, -0.2) is 0 Å². The molecule has 0 aliphatic carbocycles. The predicted molar refractivity (Wildman–Crippen MR) is 106 cm³/mol. The van der Waals surface area contributed by atoms with Crippen LogP contribution in [0.15, 0.2) is 35.5 Å². The molecule has 0 radical (unpaired) electrons. The lowest BCUT2D eigenvalue weighted by atomic mass is 10.1. The van der Waals surface area contributed by atoms with E-state index in [4.69, 9.17) is 12.2 Å². The molecule has 1 aliphatic rings. The third-order valence-electron chi connectivity index (χ3n) is 4.46. The zero-order valence-electron chi connectivity index (χ0n) is 14.7. The normalized spacial score (nSPS) is 18.1. The molecule has 0 bridgehead atoms. The number of hydrogen-bond acceptors (Lipinski definition) is 4. The summed E-state index contributed by atoms with van der Waals surface area (Å²) >= 11 is 5.11. The number of carbonyl (C=O) groups excluding carboxylic acids is 2. The number of amides is 2. The monoisotopic (exact) mass is 370 g/mol. The van der Waals surface area contributed by atoms with Gasteiger partial charge in [0.15, 0.2) is 11.0 Å². The van der Waals surface area contributed by atoms with Crippen molar-refractivity contribution in [2.24, 2.45) is 10.9 Å². The number of nitrogens with zero attached hydrogens (tertiary/aromatic N) is 2. The maximum absolute atomic E-state index is 12.5. The summed E-state index contributed by atoms with van der Waals surface area (Å²) in [6.45, 7) is 3.08. The van der Waals surface area contributed by atoms with Gasteiger partial charge >= 0.3 is 0 Å². The van der Waals surface area contributed by atoms with E-state index in [2.05, 4.69) is 21.4 Å². The summed E-state index contributed by atoms with van der Waals surface area (Å²) in [7, 11) is 0. The molecule has 1 aliphatic heterocycles. The molecule has 0 spiro atoms. The van der Waals surface area contributed by atoms with Crippen molar-refractivity contribution in [3.63, 3.8) is 0 Å². The van der Waals surface area contributed by atoms with Crippen LogP contribution in [-0.2, 0) is 16.0 Å². The molecule has 3 rings (SSSR count). The lowest BCUT2D eigenvalue weighted by molar-refractivity contribution is -0.137. The Labute approximate surface area is 157 Å². The van der Waals surface area contributed by atoms with Crippen molar-refractivity contribution in [3.8, 4) is 0 Å². The topological polar surface area (TPSA) is 77.6 Å². The first-order valence-electron chi connectivity index (χ1n) is 8.83. The van der Waals surface area contributed by atoms with Gasteiger partial charge < -0.3 is 10.3 Å². The Kier molecular flexibility index (Phi) is 5.78. The third-order valence-corrected chi connectivity index (χ3v) is 4.79. The van der Waals surface area contributed by atoms with E-state index in [9.17, 15) is 9.59 Å². The van der Waals surface area contributed by atoms with E-state index in [1.165, 1.54) is 22.1 Å². The molecule has 1 saturated heterocycles. The fourth-order valence-corrected chi connectivity index (χ4v) is 3.28. The summed E-state index contributed by atoms with van der Waals surface area (Å²) in [5, 5.41) is 3.96. The second-order valence-electron chi connectivity index (χ2n) is 6.28. The molecule has 1 aromatic carbocycles. The van der Waals surface area contributed by atoms with Crippen LogP contribution >= 0.6 is 12.2 Å². The van der Waals surface area contributed by atoms with Crippen LogP contribution in [0.2, 0.25) is 0 Å². The average Bonchev–Trinajstić information content (AvgIpc) is 3.04. The second-order valence-corrected chi connectivity index (χ2v) is 6.67. The molecule has 2 amide bonds. The van der Waals surface area contributed by atoms with E-state index in [0.717, 1.165) is 24.8 Å². The molecule has 2 heterocycles. The fraction of sp³-hybridized carbons (Fsp3) is 0.368. The highest BCUT2D eigenvalue weighted by atomic mass is 32.1. The van der Waals surface area contributed by atoms with E-state index in [1.807, 2.05) is 31.3 Å². The largest absolute Gasteiger partial charge is 0.361 e. The van der Waals surface area contributed by atoms with Gasteiger partial charge in [0.1, 0.15) is 0 Å². The Morgan fingerprint density at radius 2 is 2.12 bits per heavy atom. The molecule has 136 valence electrons. The average molecular weight is 370 g/mol. The molecule has 2 N–H and O–H groups in total. The van der Waals surface area contributed by atoms with Gasteiger partial charge in [-0.3, -0.25) is 19.5 Å². The number of thiocarbonyl (C=S) groups is 1. The number of unbranched alkanes of at least 4 members (excludes halogenated alkanes) is 1. The van der Waals surface area contributed by atoms with Gasteiger partial charge in [-0.2, -0.15) is 0 Å². The Hall–Kier alpha value is -2.54. The molecule has 1 fully saturated rings. The number of benzene rings is 1. The van der Waals surface area contributed by atoms with Crippen molar-refractivity contribution in [1.29, 1.82) is 0 Å². The summed E-state index contributed by atoms with van der Waals surface area (Å²) in [4.78, 5) is 33.6. The fourth-order valence-electron chi connectivity index (χ4n) is 2.99. The maximum Gasteiger partial charge on any atom is 0.246 e. The van der Waals surface area contributed by atoms with Gasteiger partial charge in [-0.05, 0) is 36.7 Å². The third kappa shape index (κ3) is 3.83. The predicted octanol–water partition coefficient (Wildman–Crippen LogP) is 2.44. The van der Waals surface area contributed by atoms with Crippen molar-refractivity contribution in [3.05, 3.63) is 36.0 Å². The van der Waals surface area contributed by atoms with Gasteiger partial charge in [0.05, 0.1) is 0 Å². The van der Waals surface area contributed by atoms with E-state index in [-0.39, 0.29) is 11.0 Å². The SMILES string of the molecule is CCCCN1C(=O)[C@H](C=NCCc2c[nH]c3ccccc23)C(=O)NC1=S. The molecule has 1 atom stereocenters. The lowest BCUT2D eigenvalue weighted by Gasteiger charge is -2.30. The van der Waals surface area contributed by atoms with Gasteiger partial charge in [0, 0.05) is 36.4 Å². The van der Waals surface area contributed by atoms with Crippen LogP contribution in [0, 0.1) is 5.92 Å². The smallest absolute Gasteiger partial charge is 0.246 e. The summed E-state index contributed by atoms with van der Waals surface area (Å²) in [5.74, 6) is -1.59. The number of H-pyrrole nitrogens is 1. The number of fused-ring (bicyclic) bond motifs is 1. The maximum atomic E-state index is 12.5. The second kappa shape index (κ2) is 8.23. The van der Waals surface area contributed by atoms with Gasteiger partial charge in [0.2, 0.25) is 11.8 Å². The number of carbonyl (C=O) groups is 2. The highest BCUT2D eigenvalue weighted by molar-refractivity contribution is 7.80. The molecule has 2 aromatic rings. The van der Waals surface area contributed by atoms with Gasteiger partial charge in [-0.1, -0.05) is 31.5 Å². The van der Waals surface area contributed by atoms with Crippen LogP contribution < -0.4 is 5.32 Å². The van der Waals surface area contributed by atoms with Crippen LogP contribution in [0.3, 0.4) is 0 Å². The Morgan fingerprint density at radius 3 is 2.92 bits per heavy atom. The first kappa shape index (κ1) is 18.3. The minimum absolute atomic E-state index is 0.192. The first-order valence-corrected chi connectivity index (χ1v) is 9.23. The molecule has 26 heavy (non-hydrogen) atoms. The molecule has 0 saturated carbocycles. The summed E-state index contributed by atoms with van der Waals surface area (Å²) in [5.41, 5.74) is 2.26. The summed E-state index contributed by atoms with van der Waals surface area (Å²) in [6.07, 6.45) is 5.95. The number of para-hydroxylation sites is 1. The minimum atomic E-state index is -0.901. The van der Waals surface area contributed by atoms with E-state index < -0.39 is 11.8 Å². The number of nitrogens with one attached hydrogen (secondary N) is 2. The Balaban J connectivity index is 1.62. The van der Waals surface area contributed by atoms with Crippen LogP contribution in [0.4, 0.5) is 0 Å². The van der Waals surface area contributed by atoms with Gasteiger partial charge in [0.25, 0.3) is 0 Å². The number of aromatic nitrogens is 1. The minimum Gasteiger partial charge on any atom is -0.361 e. The number of aromatic amines is 1. The van der Waals surface area contributed by atoms with Crippen LogP contribution in [-0.4, -0.2) is 46.1 Å². The summed E-state index contributed by atoms with van der Waals surface area (Å²) in [6, 6.07) is 8.08. The van der Waals surface area contributed by atoms with Crippen LogP contribution in [0.1, 0.15) is 25.3 Å². The molecular formula is C19H22N4O2S. The number of rotatable bonds is 7. The number of hydrogen-bond donors (Lipinski definition) is 2. The van der Waals surface area contributed by atoms with E-state index in [1.54, 1.807) is 0 Å².